The summed E-state index contributed by atoms with van der Waals surface area (Å²) in [5.74, 6) is -4.48. The van der Waals surface area contributed by atoms with Crippen LogP contribution in [-0.4, -0.2) is 171 Å². The van der Waals surface area contributed by atoms with Crippen LogP contribution >= 0.6 is 11.8 Å². The Morgan fingerprint density at radius 3 is 1.69 bits per heavy atom. The van der Waals surface area contributed by atoms with Crippen LogP contribution in [0, 0.1) is 0 Å². The molecule has 70 heavy (non-hydrogen) atoms. The number of hydrogen-bond donors (Lipinski definition) is 14. The second-order valence-corrected chi connectivity index (χ2v) is 18.9. The van der Waals surface area contributed by atoms with Crippen molar-refractivity contribution >= 4 is 53.3 Å². The van der Waals surface area contributed by atoms with Crippen molar-refractivity contribution in [3.05, 3.63) is 47.5 Å². The summed E-state index contributed by atoms with van der Waals surface area (Å²) in [5, 5.41) is 82.0. The van der Waals surface area contributed by atoms with E-state index in [2.05, 4.69) is 47.4 Å². The third-order valence-corrected chi connectivity index (χ3v) is 13.4. The molecular weight excluding hydrogens is 931 g/mol. The number of thioether (sulfide) groups is 1. The normalized spacial score (nSPS) is 16.9. The summed E-state index contributed by atoms with van der Waals surface area (Å²) < 4.78 is 0. The Morgan fingerprint density at radius 2 is 1.10 bits per heavy atom. The van der Waals surface area contributed by atoms with Crippen molar-refractivity contribution in [2.24, 2.45) is 0 Å². The minimum atomic E-state index is -2.61. The molecule has 0 bridgehead atoms. The van der Waals surface area contributed by atoms with Crippen LogP contribution in [0.1, 0.15) is 104 Å². The number of nitrogens with one attached hydrogen (secondary N) is 8. The Bertz CT molecular complexity index is 2070. The predicted molar refractivity (Wildman–Crippen MR) is 261 cm³/mol. The highest BCUT2D eigenvalue weighted by Gasteiger charge is 2.43. The molecule has 0 spiro atoms. The zero-order valence-corrected chi connectivity index (χ0v) is 40.4. The van der Waals surface area contributed by atoms with Gasteiger partial charge in [0.05, 0.1) is 24.9 Å². The summed E-state index contributed by atoms with van der Waals surface area (Å²) in [4.78, 5) is 88.4. The smallest absolute Gasteiger partial charge is 0.336 e. The second kappa shape index (κ2) is 29.9. The number of benzene rings is 2. The Balaban J connectivity index is 1.08. The highest BCUT2D eigenvalue weighted by molar-refractivity contribution is 8.00. The van der Waals surface area contributed by atoms with Crippen molar-refractivity contribution in [1.29, 1.82) is 0 Å². The van der Waals surface area contributed by atoms with E-state index in [1.54, 1.807) is 0 Å². The fourth-order valence-electron chi connectivity index (χ4n) is 7.97. The number of aliphatic carboxylic acids is 1. The van der Waals surface area contributed by atoms with E-state index in [9.17, 15) is 64.2 Å². The number of carboxylic acids is 1. The maximum atomic E-state index is 12.7. The van der Waals surface area contributed by atoms with Crippen LogP contribution in [-0.2, 0) is 19.2 Å². The minimum Gasteiger partial charge on any atom is -0.504 e. The molecule has 2 aliphatic rings. The number of carboxylic acid groups (broad SMARTS) is 1. The van der Waals surface area contributed by atoms with Gasteiger partial charge in [0.2, 0.25) is 17.7 Å². The topological polar surface area (TPSA) is 340 Å². The van der Waals surface area contributed by atoms with E-state index in [-0.39, 0.29) is 71.4 Å². The molecule has 2 heterocycles. The van der Waals surface area contributed by atoms with Crippen LogP contribution in [0.3, 0.4) is 0 Å². The second-order valence-electron chi connectivity index (χ2n) is 17.6. The van der Waals surface area contributed by atoms with Crippen molar-refractivity contribution in [1.82, 2.24) is 47.4 Å². The number of carbonyl (C=O) groups is 7. The lowest BCUT2D eigenvalue weighted by Gasteiger charge is -2.23. The van der Waals surface area contributed by atoms with Gasteiger partial charge in [-0.3, -0.25) is 24.0 Å². The number of hydrogen-bond acceptors (Lipinski definition) is 15. The molecule has 2 fully saturated rings. The number of aromatic hydroxyl groups is 4. The van der Waals surface area contributed by atoms with Gasteiger partial charge < -0.3 is 78.1 Å². The largest absolute Gasteiger partial charge is 0.504 e. The maximum Gasteiger partial charge on any atom is 0.336 e. The lowest BCUT2D eigenvalue weighted by molar-refractivity contribution is -0.164. The summed E-state index contributed by atoms with van der Waals surface area (Å²) in [6, 6.07) is 7.82. The number of aliphatic hydroxyl groups is 1. The van der Waals surface area contributed by atoms with Gasteiger partial charge >= 0.3 is 12.0 Å². The van der Waals surface area contributed by atoms with E-state index in [4.69, 9.17) is 0 Å². The maximum absolute atomic E-state index is 12.7. The molecule has 22 nitrogen and oxygen atoms in total. The number of rotatable bonds is 34. The predicted octanol–water partition coefficient (Wildman–Crippen LogP) is 0.961. The van der Waals surface area contributed by atoms with Gasteiger partial charge in [-0.1, -0.05) is 6.42 Å². The summed E-state index contributed by atoms with van der Waals surface area (Å²) in [7, 11) is 0. The van der Waals surface area contributed by atoms with Crippen LogP contribution < -0.4 is 42.5 Å². The number of unbranched alkanes of at least 4 members (excludes halogenated alkanes) is 3. The molecule has 2 aromatic carbocycles. The number of phenols is 4. The minimum absolute atomic E-state index is 0.0269. The first kappa shape index (κ1) is 56.5. The van der Waals surface area contributed by atoms with E-state index in [0.29, 0.717) is 109 Å². The zero-order chi connectivity index (χ0) is 50.9. The van der Waals surface area contributed by atoms with Crippen LogP contribution in [0.5, 0.6) is 23.0 Å². The molecule has 14 N–H and O–H groups in total. The molecule has 388 valence electrons. The standard InChI is InChI=1S/C47H71N9O13S/c57-34-14-12-31(26-36(34)59)43(64)52-20-7-17-48-16-3-4-18-50-40(62)28-47(69,45(66)67)29-41(63)51-19-5-6-23-56(25-9-22-53-44(65)32-13-15-35(58)37(60)27-32)24-8-21-49-39(61)11-2-1-10-38-42-33(30-70-38)54-46(68)55-42/h12-15,26-27,33,38,42,48,57-60,69H,1-11,16-25,28-30H2,(H,49,61)(H,50,62)(H,51,63)(H,52,64)(H,53,65)(H,66,67)(H2,54,55,68)/t33-,38-,42-,47?/m0/s1. The Morgan fingerprint density at radius 1 is 0.600 bits per heavy atom. The average Bonchev–Trinajstić information content (AvgIpc) is 3.88. The summed E-state index contributed by atoms with van der Waals surface area (Å²) in [5.41, 5.74) is -2.19. The van der Waals surface area contributed by atoms with Gasteiger partial charge in [-0.05, 0) is 127 Å². The fraction of sp³-hybridized carbons (Fsp3) is 0.596. The van der Waals surface area contributed by atoms with E-state index >= 15 is 0 Å². The van der Waals surface area contributed by atoms with Gasteiger partial charge in [0.25, 0.3) is 11.8 Å². The van der Waals surface area contributed by atoms with Crippen LogP contribution in [0.15, 0.2) is 36.4 Å². The molecule has 2 aliphatic heterocycles. The summed E-state index contributed by atoms with van der Waals surface area (Å²) in [6.07, 6.45) is 5.63. The van der Waals surface area contributed by atoms with Crippen molar-refractivity contribution in [3.8, 4) is 23.0 Å². The Labute approximate surface area is 411 Å². The highest BCUT2D eigenvalue weighted by atomic mass is 32.2. The lowest BCUT2D eigenvalue weighted by atomic mass is 9.94. The van der Waals surface area contributed by atoms with Gasteiger partial charge in [0.15, 0.2) is 28.6 Å². The molecule has 2 aromatic rings. The van der Waals surface area contributed by atoms with Crippen LogP contribution in [0.4, 0.5) is 4.79 Å². The molecule has 2 saturated heterocycles. The van der Waals surface area contributed by atoms with Crippen LogP contribution in [0.25, 0.3) is 0 Å². The van der Waals surface area contributed by atoms with E-state index in [1.165, 1.54) is 36.4 Å². The first-order valence-corrected chi connectivity index (χ1v) is 25.1. The average molecular weight is 1000 g/mol. The van der Waals surface area contributed by atoms with Crippen molar-refractivity contribution in [2.45, 2.75) is 106 Å². The third kappa shape index (κ3) is 20.1. The number of carbonyl (C=O) groups excluding carboxylic acids is 6. The summed E-state index contributed by atoms with van der Waals surface area (Å²) >= 11 is 1.85. The molecule has 23 heteroatoms. The lowest BCUT2D eigenvalue weighted by Crippen LogP contribution is -2.47. The van der Waals surface area contributed by atoms with Crippen LogP contribution in [0.2, 0.25) is 0 Å². The molecule has 0 aromatic heterocycles. The fourth-order valence-corrected chi connectivity index (χ4v) is 9.51. The van der Waals surface area contributed by atoms with Gasteiger partial charge in [0.1, 0.15) is 0 Å². The van der Waals surface area contributed by atoms with E-state index < -0.39 is 47.9 Å². The van der Waals surface area contributed by atoms with Gasteiger partial charge in [-0.25, -0.2) is 9.59 Å². The quantitative estimate of drug-likeness (QED) is 0.0264. The number of nitrogens with zero attached hydrogens (tertiary/aromatic N) is 1. The molecule has 7 amide bonds. The molecule has 4 rings (SSSR count). The monoisotopic (exact) mass is 1000 g/mol. The van der Waals surface area contributed by atoms with E-state index in [0.717, 1.165) is 25.0 Å². The summed E-state index contributed by atoms with van der Waals surface area (Å²) in [6.45, 7) is 4.69. The Hall–Kier alpha value is -6.04. The van der Waals surface area contributed by atoms with E-state index in [1.807, 2.05) is 11.8 Å². The SMILES string of the molecule is O=C(CCCC[C@@H]1SC[C@@H]2NC(=O)N[C@@H]21)NCCCN(CCCCNC(=O)CC(O)(CC(=O)NCCCCNCCCNC(=O)c1ccc(O)c(O)c1)C(=O)O)CCCNC(=O)c1ccc(O)c(O)c1. The highest BCUT2D eigenvalue weighted by Crippen LogP contribution is 2.33. The molecule has 1 unspecified atom stereocenters. The van der Waals surface area contributed by atoms with Crippen molar-refractivity contribution < 1.29 is 64.2 Å². The number of urea groups is 1. The first-order chi connectivity index (χ1) is 33.5. The van der Waals surface area contributed by atoms with Crippen molar-refractivity contribution in [3.63, 3.8) is 0 Å². The van der Waals surface area contributed by atoms with Crippen molar-refractivity contribution in [2.75, 3.05) is 71.2 Å². The first-order valence-electron chi connectivity index (χ1n) is 24.0. The molecule has 0 aliphatic carbocycles. The Kier molecular flexibility index (Phi) is 24.1. The van der Waals surface area contributed by atoms with Gasteiger partial charge in [-0.2, -0.15) is 11.8 Å². The zero-order valence-electron chi connectivity index (χ0n) is 39.6. The molecule has 0 radical (unpaired) electrons. The van der Waals surface area contributed by atoms with Gasteiger partial charge in [-0.15, -0.1) is 0 Å². The number of amides is 7. The number of phenolic OH excluding ortho intramolecular Hbond substituents is 4. The molecule has 4 atom stereocenters. The number of fused-ring (bicyclic) bond motifs is 1. The third-order valence-electron chi connectivity index (χ3n) is 11.9. The molecule has 0 saturated carbocycles. The van der Waals surface area contributed by atoms with Gasteiger partial charge in [0, 0.05) is 61.3 Å². The molecular formula is C47H71N9O13S.